The van der Waals surface area contributed by atoms with E-state index in [-0.39, 0.29) is 5.56 Å². The Morgan fingerprint density at radius 3 is 2.55 bits per heavy atom. The Kier molecular flexibility index (Phi) is 7.81. The maximum atomic E-state index is 13.3. The van der Waals surface area contributed by atoms with E-state index in [0.717, 1.165) is 32.5 Å². The summed E-state index contributed by atoms with van der Waals surface area (Å²) in [6, 6.07) is 23.4. The van der Waals surface area contributed by atoms with Gasteiger partial charge >= 0.3 is 0 Å². The molecule has 0 atom stereocenters. The first-order valence-electron chi connectivity index (χ1n) is 12.9. The summed E-state index contributed by atoms with van der Waals surface area (Å²) in [5, 5.41) is 9.29. The van der Waals surface area contributed by atoms with Crippen molar-refractivity contribution in [3.05, 3.63) is 128 Å². The first kappa shape index (κ1) is 27.4. The van der Waals surface area contributed by atoms with Crippen LogP contribution >= 0.6 is 27.3 Å². The molecule has 0 aliphatic rings. The zero-order valence-electron chi connectivity index (χ0n) is 22.5. The fourth-order valence-corrected chi connectivity index (χ4v) is 5.50. The monoisotopic (exact) mass is 637 g/mol. The van der Waals surface area contributed by atoms with Crippen molar-refractivity contribution in [1.82, 2.24) is 24.4 Å². The van der Waals surface area contributed by atoms with E-state index in [0.29, 0.717) is 33.4 Å². The molecule has 0 N–H and O–H groups in total. The van der Waals surface area contributed by atoms with Crippen LogP contribution in [0.5, 0.6) is 11.5 Å². The van der Waals surface area contributed by atoms with Crippen molar-refractivity contribution in [3.63, 3.8) is 0 Å². The van der Waals surface area contributed by atoms with Gasteiger partial charge in [-0.25, -0.2) is 4.68 Å². The van der Waals surface area contributed by atoms with E-state index in [9.17, 15) is 4.79 Å². The second-order valence-corrected chi connectivity index (χ2v) is 11.1. The molecule has 6 aromatic rings. The highest BCUT2D eigenvalue weighted by atomic mass is 79.9. The van der Waals surface area contributed by atoms with Gasteiger partial charge in [0.1, 0.15) is 6.61 Å². The fraction of sp³-hybridized carbons (Fsp3) is 0.0625. The number of fused-ring (bicyclic) bond motifs is 1. The number of hydrogen-bond donors (Lipinski definition) is 0. The molecular weight excluding hydrogens is 614 g/mol. The van der Waals surface area contributed by atoms with Gasteiger partial charge < -0.3 is 9.47 Å². The number of rotatable bonds is 9. The molecule has 0 bridgehead atoms. The highest BCUT2D eigenvalue weighted by Crippen LogP contribution is 2.29. The number of halogens is 1. The van der Waals surface area contributed by atoms with Gasteiger partial charge in [-0.05, 0) is 54.1 Å². The molecule has 0 saturated heterocycles. The second kappa shape index (κ2) is 12.0. The van der Waals surface area contributed by atoms with Crippen LogP contribution in [0.4, 0.5) is 0 Å². The van der Waals surface area contributed by atoms with Gasteiger partial charge in [0, 0.05) is 21.8 Å². The van der Waals surface area contributed by atoms with E-state index >= 15 is 0 Å². The van der Waals surface area contributed by atoms with E-state index in [1.807, 2.05) is 95.8 Å². The summed E-state index contributed by atoms with van der Waals surface area (Å²) >= 11 is 4.78. The third kappa shape index (κ3) is 5.67. The number of methoxy groups -OCH3 is 1. The Balaban J connectivity index is 1.33. The van der Waals surface area contributed by atoms with Crippen molar-refractivity contribution in [2.45, 2.75) is 0 Å². The lowest BCUT2D eigenvalue weighted by atomic mass is 10.1. The van der Waals surface area contributed by atoms with Crippen molar-refractivity contribution < 1.29 is 9.47 Å². The van der Waals surface area contributed by atoms with Crippen LogP contribution in [0.3, 0.4) is 0 Å². The van der Waals surface area contributed by atoms with Gasteiger partial charge in [-0.1, -0.05) is 82.4 Å². The Hall–Kier alpha value is -4.80. The van der Waals surface area contributed by atoms with Crippen LogP contribution in [0.15, 0.2) is 101 Å². The average Bonchev–Trinajstić information content (AvgIpc) is 3.70. The minimum atomic E-state index is -0.234. The summed E-state index contributed by atoms with van der Waals surface area (Å²) in [5.41, 5.74) is 4.09. The fourth-order valence-electron chi connectivity index (χ4n) is 4.33. The Morgan fingerprint density at radius 1 is 1.00 bits per heavy atom. The predicted molar refractivity (Wildman–Crippen MR) is 170 cm³/mol. The van der Waals surface area contributed by atoms with Crippen molar-refractivity contribution >= 4 is 50.5 Å². The lowest BCUT2D eigenvalue weighted by Gasteiger charge is -2.09. The molecule has 0 unspecified atom stereocenters. The summed E-state index contributed by atoms with van der Waals surface area (Å²) in [5.74, 6) is 1.67. The summed E-state index contributed by atoms with van der Waals surface area (Å²) < 4.78 is 15.7. The topological polar surface area (TPSA) is 83.5 Å². The number of para-hydroxylation sites is 1. The maximum absolute atomic E-state index is 13.3. The van der Waals surface area contributed by atoms with E-state index < -0.39 is 0 Å². The summed E-state index contributed by atoms with van der Waals surface area (Å²) in [4.78, 5) is 18.4. The molecule has 0 radical (unpaired) electrons. The highest BCUT2D eigenvalue weighted by molar-refractivity contribution is 9.10. The van der Waals surface area contributed by atoms with Gasteiger partial charge in [0.05, 0.1) is 23.0 Å². The van der Waals surface area contributed by atoms with Gasteiger partial charge in [-0.2, -0.15) is 14.6 Å². The quantitative estimate of drug-likeness (QED) is 0.179. The van der Waals surface area contributed by atoms with Gasteiger partial charge in [0.25, 0.3) is 5.56 Å². The molecule has 3 heterocycles. The number of hydrogen-bond acceptors (Lipinski definition) is 7. The van der Waals surface area contributed by atoms with Crippen LogP contribution in [0.2, 0.25) is 0 Å². The number of benzene rings is 3. The zero-order valence-corrected chi connectivity index (χ0v) is 24.9. The second-order valence-electron chi connectivity index (χ2n) is 9.14. The molecule has 10 heteroatoms. The number of nitrogens with zero attached hydrogens (tertiary/aromatic N) is 5. The first-order chi connectivity index (χ1) is 20.5. The van der Waals surface area contributed by atoms with Crippen LogP contribution < -0.4 is 19.6 Å². The van der Waals surface area contributed by atoms with Crippen molar-refractivity contribution in [2.24, 2.45) is 0 Å². The molecule has 208 valence electrons. The molecule has 6 rings (SSSR count). The van der Waals surface area contributed by atoms with Crippen LogP contribution in [-0.2, 0) is 0 Å². The molecular formula is C32H24BrN5O3S. The molecule has 0 spiro atoms. The maximum Gasteiger partial charge on any atom is 0.291 e. The van der Waals surface area contributed by atoms with Gasteiger partial charge in [-0.3, -0.25) is 4.79 Å². The molecule has 0 aliphatic carbocycles. The molecule has 3 aromatic carbocycles. The Labute approximate surface area is 253 Å². The largest absolute Gasteiger partial charge is 0.493 e. The van der Waals surface area contributed by atoms with Gasteiger partial charge in [0.2, 0.25) is 4.96 Å². The lowest BCUT2D eigenvalue weighted by Crippen LogP contribution is -2.23. The minimum Gasteiger partial charge on any atom is -0.493 e. The number of ether oxygens (including phenoxy) is 2. The minimum absolute atomic E-state index is 0.234. The number of aromatic nitrogens is 5. The lowest BCUT2D eigenvalue weighted by molar-refractivity contribution is 0.326. The Morgan fingerprint density at radius 2 is 1.81 bits per heavy atom. The summed E-state index contributed by atoms with van der Waals surface area (Å²) in [6.07, 6.45) is 9.08. The smallest absolute Gasteiger partial charge is 0.291 e. The van der Waals surface area contributed by atoms with E-state index in [2.05, 4.69) is 32.6 Å². The Bertz CT molecular complexity index is 2030. The van der Waals surface area contributed by atoms with E-state index in [1.54, 1.807) is 19.3 Å². The third-order valence-corrected chi connectivity index (χ3v) is 7.82. The molecule has 0 saturated carbocycles. The SMILES string of the molecule is C=CCOc1ccc(/C=C/c2nc3s/c(=C\c4cn(-c5ccccc5)nc4-c4ccc(Br)cc4)c(=O)n3n2)cc1OC. The van der Waals surface area contributed by atoms with Crippen LogP contribution in [0.1, 0.15) is 17.0 Å². The van der Waals surface area contributed by atoms with Gasteiger partial charge in [0.15, 0.2) is 17.3 Å². The average molecular weight is 639 g/mol. The van der Waals surface area contributed by atoms with Crippen LogP contribution in [0.25, 0.3) is 40.1 Å². The molecule has 0 aliphatic heterocycles. The molecule has 0 amide bonds. The van der Waals surface area contributed by atoms with Crippen LogP contribution in [-0.4, -0.2) is 38.1 Å². The van der Waals surface area contributed by atoms with Crippen molar-refractivity contribution in [1.29, 1.82) is 0 Å². The molecule has 3 aromatic heterocycles. The zero-order chi connectivity index (χ0) is 29.1. The van der Waals surface area contributed by atoms with E-state index in [4.69, 9.17) is 14.6 Å². The number of thiazole rings is 1. The van der Waals surface area contributed by atoms with E-state index in [1.165, 1.54) is 15.9 Å². The highest BCUT2D eigenvalue weighted by Gasteiger charge is 2.14. The third-order valence-electron chi connectivity index (χ3n) is 6.33. The normalized spacial score (nSPS) is 11.9. The molecule has 0 fully saturated rings. The molecule has 8 nitrogen and oxygen atoms in total. The van der Waals surface area contributed by atoms with Crippen molar-refractivity contribution in [3.8, 4) is 28.4 Å². The van der Waals surface area contributed by atoms with Gasteiger partial charge in [-0.15, -0.1) is 5.10 Å². The predicted octanol–water partition coefficient (Wildman–Crippen LogP) is 6.06. The first-order valence-corrected chi connectivity index (χ1v) is 14.6. The summed E-state index contributed by atoms with van der Waals surface area (Å²) in [6.45, 7) is 4.06. The van der Waals surface area contributed by atoms with Crippen molar-refractivity contribution in [2.75, 3.05) is 13.7 Å². The van der Waals surface area contributed by atoms with Crippen LogP contribution in [0, 0.1) is 0 Å². The summed E-state index contributed by atoms with van der Waals surface area (Å²) in [7, 11) is 1.59. The molecule has 42 heavy (non-hydrogen) atoms. The standard InChI is InChI=1S/C32H24BrN5O3S/c1-3-17-41-26-15-9-21(18-27(26)40-2)10-16-29-34-32-38(35-29)31(39)28(42-32)19-23-20-37(25-7-5-4-6-8-25)36-30(23)22-11-13-24(33)14-12-22/h3-16,18-20H,1,17H2,2H3/b16-10+,28-19-.